The van der Waals surface area contributed by atoms with Crippen molar-refractivity contribution in [3.8, 4) is 5.75 Å². The number of halogens is 1. The second kappa shape index (κ2) is 13.9. The third kappa shape index (κ3) is 10.2. The Balaban J connectivity index is 1.74. The molecule has 0 aromatic heterocycles. The highest BCUT2D eigenvalue weighted by atomic mass is 35.5. The lowest BCUT2D eigenvalue weighted by Gasteiger charge is -2.09. The van der Waals surface area contributed by atoms with Gasteiger partial charge >= 0.3 is 11.8 Å². The highest BCUT2D eigenvalue weighted by Crippen LogP contribution is 2.25. The van der Waals surface area contributed by atoms with Crippen LogP contribution in [0.25, 0.3) is 0 Å². The number of anilines is 1. The maximum Gasteiger partial charge on any atom is 0.329 e. The van der Waals surface area contributed by atoms with Gasteiger partial charge in [-0.25, -0.2) is 5.43 Å². The standard InChI is InChI=1S/C23H27ClN4O5/c1-16(2)32-12-6-11-25-22(30)23(31)28-26-14-17-9-10-20(19(24)13-17)33-15-21(29)27-18-7-4-3-5-8-18/h3-5,7-10,13-14,16H,6,11-12,15H2,1-2H3,(H,25,30)(H,27,29)(H,28,31)/b26-14-. The van der Waals surface area contributed by atoms with Gasteiger partial charge < -0.3 is 20.1 Å². The maximum absolute atomic E-state index is 12.0. The molecule has 0 heterocycles. The summed E-state index contributed by atoms with van der Waals surface area (Å²) in [5, 5.41) is 9.20. The van der Waals surface area contributed by atoms with Crippen molar-refractivity contribution in [2.75, 3.05) is 25.1 Å². The Labute approximate surface area is 197 Å². The number of amides is 3. The van der Waals surface area contributed by atoms with E-state index < -0.39 is 11.8 Å². The highest BCUT2D eigenvalue weighted by Gasteiger charge is 2.11. The molecule has 2 aromatic carbocycles. The molecule has 2 rings (SSSR count). The molecule has 3 amide bonds. The van der Waals surface area contributed by atoms with Gasteiger partial charge in [0.05, 0.1) is 17.3 Å². The molecular formula is C23H27ClN4O5. The topological polar surface area (TPSA) is 118 Å². The number of carbonyl (C=O) groups is 3. The van der Waals surface area contributed by atoms with Crippen LogP contribution < -0.4 is 20.8 Å². The molecule has 2 aromatic rings. The lowest BCUT2D eigenvalue weighted by atomic mass is 10.2. The van der Waals surface area contributed by atoms with Crippen molar-refractivity contribution in [2.24, 2.45) is 5.10 Å². The Bertz CT molecular complexity index is 967. The van der Waals surface area contributed by atoms with Crippen LogP contribution in [0.2, 0.25) is 5.02 Å². The lowest BCUT2D eigenvalue weighted by Crippen LogP contribution is -2.38. The zero-order valence-electron chi connectivity index (χ0n) is 18.5. The van der Waals surface area contributed by atoms with Crippen LogP contribution in [0.3, 0.4) is 0 Å². The van der Waals surface area contributed by atoms with E-state index in [1.54, 1.807) is 30.3 Å². The molecule has 33 heavy (non-hydrogen) atoms. The SMILES string of the molecule is CC(C)OCCCNC(=O)C(=O)N/N=C\c1ccc(OCC(=O)Nc2ccccc2)c(Cl)c1. The predicted octanol–water partition coefficient (Wildman–Crippen LogP) is 2.74. The lowest BCUT2D eigenvalue weighted by molar-refractivity contribution is -0.139. The van der Waals surface area contributed by atoms with Gasteiger partial charge in [0.15, 0.2) is 6.61 Å². The Morgan fingerprint density at radius 2 is 1.85 bits per heavy atom. The molecule has 0 atom stereocenters. The number of hydrogen-bond donors (Lipinski definition) is 3. The van der Waals surface area contributed by atoms with E-state index in [0.717, 1.165) is 0 Å². The Hall–Kier alpha value is -3.43. The number of nitrogens with one attached hydrogen (secondary N) is 3. The minimum Gasteiger partial charge on any atom is -0.482 e. The highest BCUT2D eigenvalue weighted by molar-refractivity contribution is 6.35. The fourth-order valence-electron chi connectivity index (χ4n) is 2.47. The summed E-state index contributed by atoms with van der Waals surface area (Å²) >= 11 is 6.19. The van der Waals surface area contributed by atoms with Crippen LogP contribution in [0, 0.1) is 0 Å². The summed E-state index contributed by atoms with van der Waals surface area (Å²) in [6, 6.07) is 13.8. The van der Waals surface area contributed by atoms with Gasteiger partial charge in [-0.1, -0.05) is 29.8 Å². The second-order valence-corrected chi connectivity index (χ2v) is 7.53. The van der Waals surface area contributed by atoms with Crippen LogP contribution in [0.5, 0.6) is 5.75 Å². The minimum atomic E-state index is -0.883. The predicted molar refractivity (Wildman–Crippen MR) is 126 cm³/mol. The van der Waals surface area contributed by atoms with Crippen molar-refractivity contribution < 1.29 is 23.9 Å². The number of nitrogens with zero attached hydrogens (tertiary/aromatic N) is 1. The van der Waals surface area contributed by atoms with Gasteiger partial charge in [0.2, 0.25) is 0 Å². The number of hydrogen-bond acceptors (Lipinski definition) is 6. The summed E-state index contributed by atoms with van der Waals surface area (Å²) in [7, 11) is 0. The third-order valence-electron chi connectivity index (χ3n) is 4.02. The molecule has 10 heteroatoms. The summed E-state index contributed by atoms with van der Waals surface area (Å²) in [5.74, 6) is -1.67. The van der Waals surface area contributed by atoms with Gasteiger partial charge in [-0.15, -0.1) is 0 Å². The zero-order chi connectivity index (χ0) is 24.1. The number of hydrazone groups is 1. The van der Waals surface area contributed by atoms with E-state index >= 15 is 0 Å². The van der Waals surface area contributed by atoms with Crippen LogP contribution in [-0.2, 0) is 19.1 Å². The summed E-state index contributed by atoms with van der Waals surface area (Å²) < 4.78 is 10.8. The van der Waals surface area contributed by atoms with E-state index in [1.165, 1.54) is 6.21 Å². The van der Waals surface area contributed by atoms with Gasteiger partial charge in [0, 0.05) is 18.8 Å². The first kappa shape index (κ1) is 25.8. The van der Waals surface area contributed by atoms with Crippen molar-refractivity contribution in [1.29, 1.82) is 0 Å². The van der Waals surface area contributed by atoms with Crippen molar-refractivity contribution in [1.82, 2.24) is 10.7 Å². The Kier molecular flexibility index (Phi) is 10.9. The average Bonchev–Trinajstić information content (AvgIpc) is 2.78. The summed E-state index contributed by atoms with van der Waals surface area (Å²) in [6.07, 6.45) is 2.05. The molecule has 0 aliphatic heterocycles. The van der Waals surface area contributed by atoms with E-state index in [1.807, 2.05) is 32.0 Å². The van der Waals surface area contributed by atoms with Gasteiger partial charge in [-0.2, -0.15) is 5.10 Å². The fourth-order valence-corrected chi connectivity index (χ4v) is 2.71. The van der Waals surface area contributed by atoms with Crippen LogP contribution in [0.4, 0.5) is 5.69 Å². The normalized spacial score (nSPS) is 10.8. The molecule has 9 nitrogen and oxygen atoms in total. The first-order valence-corrected chi connectivity index (χ1v) is 10.7. The molecule has 0 radical (unpaired) electrons. The molecule has 0 aliphatic rings. The molecule has 0 aliphatic carbocycles. The number of benzene rings is 2. The average molecular weight is 475 g/mol. The van der Waals surface area contributed by atoms with Crippen molar-refractivity contribution in [3.63, 3.8) is 0 Å². The molecule has 0 fully saturated rings. The molecule has 0 spiro atoms. The van der Waals surface area contributed by atoms with E-state index in [4.69, 9.17) is 21.1 Å². The quantitative estimate of drug-likeness (QED) is 0.200. The van der Waals surface area contributed by atoms with Crippen molar-refractivity contribution in [3.05, 3.63) is 59.1 Å². The second-order valence-electron chi connectivity index (χ2n) is 7.12. The third-order valence-corrected chi connectivity index (χ3v) is 4.31. The molecule has 3 N–H and O–H groups in total. The Morgan fingerprint density at radius 1 is 1.09 bits per heavy atom. The molecule has 0 bridgehead atoms. The summed E-state index contributed by atoms with van der Waals surface area (Å²) in [4.78, 5) is 35.4. The number of rotatable bonds is 11. The smallest absolute Gasteiger partial charge is 0.329 e. The van der Waals surface area contributed by atoms with Gasteiger partial charge in [0.25, 0.3) is 5.91 Å². The van der Waals surface area contributed by atoms with Gasteiger partial charge in [0.1, 0.15) is 5.75 Å². The van der Waals surface area contributed by atoms with Crippen molar-refractivity contribution in [2.45, 2.75) is 26.4 Å². The van der Waals surface area contributed by atoms with Crippen LogP contribution in [0.1, 0.15) is 25.8 Å². The number of carbonyl (C=O) groups excluding carboxylic acids is 3. The van der Waals surface area contributed by atoms with E-state index in [-0.39, 0.29) is 23.6 Å². The molecule has 0 saturated carbocycles. The number of ether oxygens (including phenoxy) is 2. The first-order valence-electron chi connectivity index (χ1n) is 10.3. The fraction of sp³-hybridized carbons (Fsp3) is 0.304. The maximum atomic E-state index is 12.0. The van der Waals surface area contributed by atoms with E-state index in [0.29, 0.717) is 36.6 Å². The zero-order valence-corrected chi connectivity index (χ0v) is 19.2. The first-order chi connectivity index (χ1) is 15.8. The minimum absolute atomic E-state index is 0.117. The monoisotopic (exact) mass is 474 g/mol. The van der Waals surface area contributed by atoms with Crippen LogP contribution >= 0.6 is 11.6 Å². The largest absolute Gasteiger partial charge is 0.482 e. The summed E-state index contributed by atoms with van der Waals surface area (Å²) in [5.41, 5.74) is 3.38. The molecule has 176 valence electrons. The molecular weight excluding hydrogens is 448 g/mol. The van der Waals surface area contributed by atoms with Crippen molar-refractivity contribution >= 4 is 41.2 Å². The summed E-state index contributed by atoms with van der Waals surface area (Å²) in [6.45, 7) is 4.45. The molecule has 0 unspecified atom stereocenters. The van der Waals surface area contributed by atoms with E-state index in [9.17, 15) is 14.4 Å². The Morgan fingerprint density at radius 3 is 2.55 bits per heavy atom. The van der Waals surface area contributed by atoms with Gasteiger partial charge in [-0.3, -0.25) is 14.4 Å². The van der Waals surface area contributed by atoms with Gasteiger partial charge in [-0.05, 0) is 56.2 Å². The molecule has 0 saturated heterocycles. The number of para-hydroxylation sites is 1. The van der Waals surface area contributed by atoms with Crippen LogP contribution in [-0.4, -0.2) is 49.8 Å². The van der Waals surface area contributed by atoms with E-state index in [2.05, 4.69) is 21.2 Å². The van der Waals surface area contributed by atoms with Crippen LogP contribution in [0.15, 0.2) is 53.6 Å².